The van der Waals surface area contributed by atoms with Gasteiger partial charge >= 0.3 is 0 Å². The number of aromatic nitrogens is 2. The van der Waals surface area contributed by atoms with Crippen molar-refractivity contribution in [2.45, 2.75) is 13.5 Å². The maximum atomic E-state index is 10.4. The lowest BCUT2D eigenvalue weighted by molar-refractivity contribution is -0.113. The Morgan fingerprint density at radius 1 is 1.83 bits per heavy atom. The Kier molecular flexibility index (Phi) is 2.63. The summed E-state index contributed by atoms with van der Waals surface area (Å²) >= 11 is 0. The van der Waals surface area contributed by atoms with E-state index >= 15 is 0 Å². The van der Waals surface area contributed by atoms with E-state index in [9.17, 15) is 4.79 Å². The molecule has 1 aromatic rings. The highest BCUT2D eigenvalue weighted by atomic mass is 16.1. The Morgan fingerprint density at radius 2 is 2.58 bits per heavy atom. The van der Waals surface area contributed by atoms with Crippen molar-refractivity contribution in [2.75, 3.05) is 0 Å². The highest BCUT2D eigenvalue weighted by Gasteiger charge is 1.92. The Balaban J connectivity index is 2.70. The van der Waals surface area contributed by atoms with Gasteiger partial charge in [-0.1, -0.05) is 0 Å². The van der Waals surface area contributed by atoms with Crippen LogP contribution in [0.15, 0.2) is 18.5 Å². The first-order valence-electron chi connectivity index (χ1n) is 3.72. The summed E-state index contributed by atoms with van der Waals surface area (Å²) in [6.07, 6.45) is 6.49. The Bertz CT molecular complexity index is 301. The van der Waals surface area contributed by atoms with E-state index in [0.29, 0.717) is 0 Å². The quantitative estimate of drug-likeness (QED) is 0.659. The number of primary amides is 1. The molecule has 0 radical (unpaired) electrons. The SMILES string of the molecule is CCn1cc(C=CC(N)=O)cn1. The monoisotopic (exact) mass is 165 g/mol. The molecule has 0 fully saturated rings. The number of hydrogen-bond acceptors (Lipinski definition) is 2. The van der Waals surface area contributed by atoms with Gasteiger partial charge in [0.1, 0.15) is 0 Å². The Morgan fingerprint density at radius 3 is 3.08 bits per heavy atom. The molecular weight excluding hydrogens is 154 g/mol. The molecule has 0 unspecified atom stereocenters. The molecule has 0 saturated carbocycles. The zero-order valence-electron chi connectivity index (χ0n) is 6.90. The van der Waals surface area contributed by atoms with Crippen LogP contribution in [0, 0.1) is 0 Å². The summed E-state index contributed by atoms with van der Waals surface area (Å²) in [6.45, 7) is 2.82. The van der Waals surface area contributed by atoms with E-state index in [0.717, 1.165) is 12.1 Å². The lowest BCUT2D eigenvalue weighted by atomic mass is 10.3. The van der Waals surface area contributed by atoms with Crippen molar-refractivity contribution in [1.82, 2.24) is 9.78 Å². The molecule has 2 N–H and O–H groups in total. The Labute approximate surface area is 70.7 Å². The zero-order chi connectivity index (χ0) is 8.97. The van der Waals surface area contributed by atoms with E-state index in [2.05, 4.69) is 5.10 Å². The van der Waals surface area contributed by atoms with Gasteiger partial charge < -0.3 is 5.73 Å². The van der Waals surface area contributed by atoms with Crippen molar-refractivity contribution < 1.29 is 4.79 Å². The molecule has 64 valence electrons. The van der Waals surface area contributed by atoms with Crippen LogP contribution in [-0.2, 0) is 11.3 Å². The van der Waals surface area contributed by atoms with Crippen molar-refractivity contribution in [3.8, 4) is 0 Å². The highest BCUT2D eigenvalue weighted by Crippen LogP contribution is 1.99. The fraction of sp³-hybridized carbons (Fsp3) is 0.250. The molecule has 0 bridgehead atoms. The van der Waals surface area contributed by atoms with Gasteiger partial charge in [0.25, 0.3) is 0 Å². The molecule has 0 saturated heterocycles. The smallest absolute Gasteiger partial charge is 0.241 e. The van der Waals surface area contributed by atoms with E-state index < -0.39 is 5.91 Å². The van der Waals surface area contributed by atoms with Crippen molar-refractivity contribution in [3.63, 3.8) is 0 Å². The molecule has 0 aliphatic heterocycles. The largest absolute Gasteiger partial charge is 0.366 e. The lowest BCUT2D eigenvalue weighted by Gasteiger charge is -1.89. The van der Waals surface area contributed by atoms with Crippen LogP contribution in [0.1, 0.15) is 12.5 Å². The molecule has 1 aromatic heterocycles. The van der Waals surface area contributed by atoms with Gasteiger partial charge in [-0.05, 0) is 13.0 Å². The molecule has 0 atom stereocenters. The molecule has 0 aliphatic carbocycles. The molecule has 4 nitrogen and oxygen atoms in total. The maximum absolute atomic E-state index is 10.4. The van der Waals surface area contributed by atoms with Crippen LogP contribution in [0.2, 0.25) is 0 Å². The zero-order valence-corrected chi connectivity index (χ0v) is 6.90. The first kappa shape index (κ1) is 8.52. The summed E-state index contributed by atoms with van der Waals surface area (Å²) < 4.78 is 1.78. The van der Waals surface area contributed by atoms with Gasteiger partial charge in [0.15, 0.2) is 0 Å². The van der Waals surface area contributed by atoms with Gasteiger partial charge in [-0.2, -0.15) is 5.10 Å². The fourth-order valence-electron chi connectivity index (χ4n) is 0.817. The van der Waals surface area contributed by atoms with E-state index in [4.69, 9.17) is 5.73 Å². The number of amides is 1. The second-order valence-electron chi connectivity index (χ2n) is 2.37. The van der Waals surface area contributed by atoms with E-state index in [1.54, 1.807) is 17.0 Å². The first-order valence-corrected chi connectivity index (χ1v) is 3.72. The highest BCUT2D eigenvalue weighted by molar-refractivity contribution is 5.90. The molecule has 1 amide bonds. The van der Waals surface area contributed by atoms with Gasteiger partial charge in [-0.25, -0.2) is 0 Å². The lowest BCUT2D eigenvalue weighted by Crippen LogP contribution is -2.04. The van der Waals surface area contributed by atoms with Crippen molar-refractivity contribution in [3.05, 3.63) is 24.0 Å². The molecule has 0 aliphatic rings. The second-order valence-corrected chi connectivity index (χ2v) is 2.37. The number of aryl methyl sites for hydroxylation is 1. The maximum Gasteiger partial charge on any atom is 0.241 e. The molecule has 1 rings (SSSR count). The second kappa shape index (κ2) is 3.71. The summed E-state index contributed by atoms with van der Waals surface area (Å²) in [5.74, 6) is -0.445. The third-order valence-corrected chi connectivity index (χ3v) is 1.42. The average molecular weight is 165 g/mol. The van der Waals surface area contributed by atoms with Crippen LogP contribution in [0.3, 0.4) is 0 Å². The van der Waals surface area contributed by atoms with Crippen LogP contribution in [0.25, 0.3) is 6.08 Å². The standard InChI is InChI=1S/C8H11N3O/c1-2-11-6-7(5-10-11)3-4-8(9)12/h3-6H,2H2,1H3,(H2,9,12). The summed E-state index contributed by atoms with van der Waals surface area (Å²) in [5.41, 5.74) is 5.81. The summed E-state index contributed by atoms with van der Waals surface area (Å²) in [7, 11) is 0. The number of rotatable bonds is 3. The van der Waals surface area contributed by atoms with Crippen LogP contribution >= 0.6 is 0 Å². The molecule has 1 heterocycles. The van der Waals surface area contributed by atoms with Crippen molar-refractivity contribution in [1.29, 1.82) is 0 Å². The summed E-state index contributed by atoms with van der Waals surface area (Å²) in [6, 6.07) is 0. The van der Waals surface area contributed by atoms with Crippen molar-refractivity contribution in [2.24, 2.45) is 5.73 Å². The number of hydrogen-bond donors (Lipinski definition) is 1. The minimum absolute atomic E-state index is 0.445. The predicted molar refractivity (Wildman–Crippen MR) is 46.1 cm³/mol. The number of nitrogens with zero attached hydrogens (tertiary/aromatic N) is 2. The van der Waals surface area contributed by atoms with Gasteiger partial charge in [0.05, 0.1) is 6.20 Å². The van der Waals surface area contributed by atoms with Crippen LogP contribution < -0.4 is 5.73 Å². The van der Waals surface area contributed by atoms with Gasteiger partial charge in [-0.15, -0.1) is 0 Å². The number of nitrogens with two attached hydrogens (primary N) is 1. The third-order valence-electron chi connectivity index (χ3n) is 1.42. The Hall–Kier alpha value is -1.58. The first-order chi connectivity index (χ1) is 5.72. The predicted octanol–water partition coefficient (Wildman–Crippen LogP) is 0.402. The normalized spacial score (nSPS) is 10.8. The fourth-order valence-corrected chi connectivity index (χ4v) is 0.817. The van der Waals surface area contributed by atoms with E-state index in [1.807, 2.05) is 13.1 Å². The summed E-state index contributed by atoms with van der Waals surface area (Å²) in [4.78, 5) is 10.4. The molecule has 0 aromatic carbocycles. The van der Waals surface area contributed by atoms with Gasteiger partial charge in [0, 0.05) is 24.4 Å². The average Bonchev–Trinajstić information content (AvgIpc) is 2.48. The van der Waals surface area contributed by atoms with Gasteiger partial charge in [-0.3, -0.25) is 9.48 Å². The van der Waals surface area contributed by atoms with Crippen LogP contribution in [-0.4, -0.2) is 15.7 Å². The summed E-state index contributed by atoms with van der Waals surface area (Å²) in [5, 5.41) is 4.03. The van der Waals surface area contributed by atoms with Crippen molar-refractivity contribution >= 4 is 12.0 Å². The molecule has 0 spiro atoms. The molecule has 12 heavy (non-hydrogen) atoms. The molecular formula is C8H11N3O. The van der Waals surface area contributed by atoms with Gasteiger partial charge in [0.2, 0.25) is 5.91 Å². The number of carbonyl (C=O) groups is 1. The third kappa shape index (κ3) is 2.23. The van der Waals surface area contributed by atoms with Crippen LogP contribution in [0.4, 0.5) is 0 Å². The minimum atomic E-state index is -0.445. The number of carbonyl (C=O) groups excluding carboxylic acids is 1. The topological polar surface area (TPSA) is 60.9 Å². The minimum Gasteiger partial charge on any atom is -0.366 e. The van der Waals surface area contributed by atoms with E-state index in [-0.39, 0.29) is 0 Å². The molecule has 4 heteroatoms. The van der Waals surface area contributed by atoms with E-state index in [1.165, 1.54) is 6.08 Å². The van der Waals surface area contributed by atoms with Crippen LogP contribution in [0.5, 0.6) is 0 Å².